The minimum Gasteiger partial charge on any atom is -0.403 e. The summed E-state index contributed by atoms with van der Waals surface area (Å²) in [5, 5.41) is 12.3. The zero-order valence-corrected chi connectivity index (χ0v) is 18.3. The Balaban J connectivity index is 1.37. The maximum absolute atomic E-state index is 12.6. The number of aromatic nitrogens is 2. The maximum atomic E-state index is 12.6. The molecule has 0 unspecified atom stereocenters. The van der Waals surface area contributed by atoms with Crippen molar-refractivity contribution in [3.8, 4) is 11.5 Å². The van der Waals surface area contributed by atoms with Crippen LogP contribution in [0.5, 0.6) is 0 Å². The Morgan fingerprint density at radius 2 is 1.87 bits per heavy atom. The van der Waals surface area contributed by atoms with Gasteiger partial charge in [-0.25, -0.2) is 8.42 Å². The number of sulfonamides is 1. The third kappa shape index (κ3) is 4.30. The molecule has 30 heavy (non-hydrogen) atoms. The lowest BCUT2D eigenvalue weighted by molar-refractivity contribution is -0.121. The number of carbonyl (C=O) groups is 1. The van der Waals surface area contributed by atoms with Crippen molar-refractivity contribution in [1.82, 2.24) is 14.5 Å². The van der Waals surface area contributed by atoms with Gasteiger partial charge in [-0.1, -0.05) is 28.4 Å². The minimum atomic E-state index is -3.48. The largest absolute Gasteiger partial charge is 0.403 e. The van der Waals surface area contributed by atoms with Gasteiger partial charge in [0.05, 0.1) is 0 Å². The number of carbonyl (C=O) groups excluding carboxylic acids is 1. The second-order valence-electron chi connectivity index (χ2n) is 7.39. The number of benzene rings is 1. The lowest BCUT2D eigenvalue weighted by atomic mass is 9.97. The number of piperidine rings is 1. The molecular formula is C20H22N4O4S2. The molecule has 0 spiro atoms. The monoisotopic (exact) mass is 446 g/mol. The van der Waals surface area contributed by atoms with Gasteiger partial charge in [-0.2, -0.15) is 4.31 Å². The van der Waals surface area contributed by atoms with Gasteiger partial charge in [-0.3, -0.25) is 10.1 Å². The highest BCUT2D eigenvalue weighted by atomic mass is 32.2. The molecule has 0 atom stereocenters. The number of hydrogen-bond acceptors (Lipinski definition) is 7. The van der Waals surface area contributed by atoms with Gasteiger partial charge in [0.15, 0.2) is 0 Å². The predicted octanol–water partition coefficient (Wildman–Crippen LogP) is 3.45. The number of nitrogens with zero attached hydrogens (tertiary/aromatic N) is 3. The van der Waals surface area contributed by atoms with Crippen LogP contribution in [0.25, 0.3) is 11.5 Å². The molecule has 2 aromatic heterocycles. The molecule has 0 saturated carbocycles. The summed E-state index contributed by atoms with van der Waals surface area (Å²) in [7, 11) is -3.48. The van der Waals surface area contributed by atoms with Crippen LogP contribution in [0.1, 0.15) is 24.0 Å². The molecule has 1 fully saturated rings. The lowest BCUT2D eigenvalue weighted by Gasteiger charge is -2.29. The van der Waals surface area contributed by atoms with Gasteiger partial charge in [0, 0.05) is 24.6 Å². The SMILES string of the molecule is Cc1cc(C)cc(-c2nnc(NC(=O)C3CCN(S(=O)(=O)c4cccs4)CC3)o2)c1. The molecule has 3 aromatic rings. The highest BCUT2D eigenvalue weighted by Gasteiger charge is 2.33. The molecule has 10 heteroatoms. The molecule has 0 aliphatic carbocycles. The molecule has 158 valence electrons. The fraction of sp³-hybridized carbons (Fsp3) is 0.350. The third-order valence-electron chi connectivity index (χ3n) is 5.04. The Hall–Kier alpha value is -2.56. The Morgan fingerprint density at radius 1 is 1.17 bits per heavy atom. The number of aryl methyl sites for hydroxylation is 2. The van der Waals surface area contributed by atoms with Crippen molar-refractivity contribution in [2.45, 2.75) is 30.9 Å². The average Bonchev–Trinajstić information content (AvgIpc) is 3.40. The standard InChI is InChI=1S/C20H22N4O4S2/c1-13-10-14(2)12-16(11-13)19-22-23-20(28-19)21-18(25)15-5-7-24(8-6-15)30(26,27)17-4-3-9-29-17/h3-4,9-12,15H,5-8H2,1-2H3,(H,21,23,25). The third-order valence-corrected chi connectivity index (χ3v) is 8.31. The quantitative estimate of drug-likeness (QED) is 0.643. The van der Waals surface area contributed by atoms with Gasteiger partial charge in [0.1, 0.15) is 4.21 Å². The molecule has 1 aliphatic rings. The van der Waals surface area contributed by atoms with Crippen molar-refractivity contribution >= 4 is 33.3 Å². The molecule has 1 N–H and O–H groups in total. The van der Waals surface area contributed by atoms with E-state index in [1.165, 1.54) is 15.6 Å². The van der Waals surface area contributed by atoms with Crippen molar-refractivity contribution in [3.63, 3.8) is 0 Å². The Bertz CT molecular complexity index is 1130. The zero-order valence-electron chi connectivity index (χ0n) is 16.7. The van der Waals surface area contributed by atoms with E-state index < -0.39 is 10.0 Å². The summed E-state index contributed by atoms with van der Waals surface area (Å²) in [5.41, 5.74) is 2.96. The van der Waals surface area contributed by atoms with Crippen LogP contribution in [0.3, 0.4) is 0 Å². The molecule has 0 radical (unpaired) electrons. The van der Waals surface area contributed by atoms with E-state index >= 15 is 0 Å². The normalized spacial score (nSPS) is 15.9. The van der Waals surface area contributed by atoms with Crippen LogP contribution in [-0.2, 0) is 14.8 Å². The first kappa shape index (κ1) is 20.7. The van der Waals surface area contributed by atoms with Gasteiger partial charge in [0.2, 0.25) is 11.8 Å². The first-order valence-corrected chi connectivity index (χ1v) is 11.9. The Morgan fingerprint density at radius 3 is 2.50 bits per heavy atom. The number of hydrogen-bond donors (Lipinski definition) is 1. The van der Waals surface area contributed by atoms with Gasteiger partial charge >= 0.3 is 6.01 Å². The average molecular weight is 447 g/mol. The van der Waals surface area contributed by atoms with E-state index in [-0.39, 0.29) is 17.8 Å². The van der Waals surface area contributed by atoms with Crippen LogP contribution in [0.2, 0.25) is 0 Å². The van der Waals surface area contributed by atoms with Crippen LogP contribution in [-0.4, -0.2) is 41.9 Å². The van der Waals surface area contributed by atoms with Crippen molar-refractivity contribution < 1.29 is 17.6 Å². The summed E-state index contributed by atoms with van der Waals surface area (Å²) in [5.74, 6) is -0.205. The summed E-state index contributed by atoms with van der Waals surface area (Å²) >= 11 is 1.20. The Labute approximate surface area is 179 Å². The topological polar surface area (TPSA) is 105 Å². The fourth-order valence-electron chi connectivity index (χ4n) is 3.59. The summed E-state index contributed by atoms with van der Waals surface area (Å²) in [6, 6.07) is 9.29. The summed E-state index contributed by atoms with van der Waals surface area (Å²) < 4.78 is 32.6. The lowest BCUT2D eigenvalue weighted by Crippen LogP contribution is -2.41. The minimum absolute atomic E-state index is 0.0443. The van der Waals surface area contributed by atoms with Crippen LogP contribution < -0.4 is 5.32 Å². The van der Waals surface area contributed by atoms with Crippen molar-refractivity contribution in [3.05, 3.63) is 46.8 Å². The van der Waals surface area contributed by atoms with E-state index in [2.05, 4.69) is 15.5 Å². The molecular weight excluding hydrogens is 424 g/mol. The highest BCUT2D eigenvalue weighted by Crippen LogP contribution is 2.27. The van der Waals surface area contributed by atoms with Gasteiger partial charge < -0.3 is 4.42 Å². The van der Waals surface area contributed by atoms with Crippen molar-refractivity contribution in [1.29, 1.82) is 0 Å². The molecule has 1 amide bonds. The maximum Gasteiger partial charge on any atom is 0.322 e. The molecule has 4 rings (SSSR count). The zero-order chi connectivity index (χ0) is 21.3. The van der Waals surface area contributed by atoms with E-state index in [9.17, 15) is 13.2 Å². The first-order valence-electron chi connectivity index (χ1n) is 9.59. The summed E-state index contributed by atoms with van der Waals surface area (Å²) in [6.07, 6.45) is 0.878. The summed E-state index contributed by atoms with van der Waals surface area (Å²) in [6.45, 7) is 4.58. The van der Waals surface area contributed by atoms with Crippen LogP contribution in [0, 0.1) is 19.8 Å². The van der Waals surface area contributed by atoms with E-state index in [4.69, 9.17) is 4.42 Å². The van der Waals surface area contributed by atoms with Gasteiger partial charge in [-0.15, -0.1) is 16.4 Å². The van der Waals surface area contributed by atoms with E-state index in [0.717, 1.165) is 16.7 Å². The van der Waals surface area contributed by atoms with E-state index in [1.54, 1.807) is 17.5 Å². The van der Waals surface area contributed by atoms with Gasteiger partial charge in [-0.05, 0) is 50.3 Å². The second kappa shape index (κ2) is 8.29. The van der Waals surface area contributed by atoms with Crippen molar-refractivity contribution in [2.75, 3.05) is 18.4 Å². The van der Waals surface area contributed by atoms with Crippen LogP contribution >= 0.6 is 11.3 Å². The van der Waals surface area contributed by atoms with Crippen LogP contribution in [0.4, 0.5) is 6.01 Å². The number of amides is 1. The van der Waals surface area contributed by atoms with Crippen molar-refractivity contribution in [2.24, 2.45) is 5.92 Å². The molecule has 3 heterocycles. The smallest absolute Gasteiger partial charge is 0.322 e. The molecule has 1 aliphatic heterocycles. The van der Waals surface area contributed by atoms with E-state index in [1.807, 2.05) is 32.0 Å². The molecule has 1 saturated heterocycles. The number of rotatable bonds is 5. The molecule has 8 nitrogen and oxygen atoms in total. The Kier molecular flexibility index (Phi) is 5.72. The summed E-state index contributed by atoms with van der Waals surface area (Å²) in [4.78, 5) is 12.6. The predicted molar refractivity (Wildman–Crippen MR) is 114 cm³/mol. The van der Waals surface area contributed by atoms with Crippen LogP contribution in [0.15, 0.2) is 44.3 Å². The fourth-order valence-corrected chi connectivity index (χ4v) is 6.21. The number of nitrogens with one attached hydrogen (secondary N) is 1. The number of anilines is 1. The van der Waals surface area contributed by atoms with Gasteiger partial charge in [0.25, 0.3) is 10.0 Å². The second-order valence-corrected chi connectivity index (χ2v) is 10.5. The van der Waals surface area contributed by atoms with E-state index in [0.29, 0.717) is 36.0 Å². The highest BCUT2D eigenvalue weighted by molar-refractivity contribution is 7.91. The number of thiophene rings is 1. The molecule has 1 aromatic carbocycles. The molecule has 0 bridgehead atoms. The first-order chi connectivity index (χ1) is 14.3.